The third-order valence-corrected chi connectivity index (χ3v) is 3.65. The van der Waals surface area contributed by atoms with E-state index in [2.05, 4.69) is 5.32 Å². The molecule has 1 aromatic carbocycles. The zero-order chi connectivity index (χ0) is 13.0. The van der Waals surface area contributed by atoms with Gasteiger partial charge in [0.05, 0.1) is 6.04 Å². The van der Waals surface area contributed by atoms with E-state index in [9.17, 15) is 4.79 Å². The van der Waals surface area contributed by atoms with Crippen LogP contribution >= 0.6 is 11.8 Å². The van der Waals surface area contributed by atoms with Crippen molar-refractivity contribution in [3.63, 3.8) is 0 Å². The number of nitrogens with zero attached hydrogens (tertiary/aromatic N) is 1. The van der Waals surface area contributed by atoms with Crippen LogP contribution in [0.2, 0.25) is 0 Å². The molecule has 18 heavy (non-hydrogen) atoms. The van der Waals surface area contributed by atoms with Crippen LogP contribution < -0.4 is 5.32 Å². The maximum Gasteiger partial charge on any atom is 0.323 e. The smallest absolute Gasteiger partial charge is 0.310 e. The standard InChI is InChI=1S/C13H17N3OS/c1-18-8-7-11-12(14)15-13(17)16(11)9-10-5-3-2-4-6-10/h2-6,11H,7-9H2,1H3,(H2,14,15,17). The molecule has 2 rings (SSSR count). The molecular formula is C13H17N3OS. The number of thioether (sulfide) groups is 1. The molecule has 1 unspecified atom stereocenters. The van der Waals surface area contributed by atoms with Crippen molar-refractivity contribution in [1.29, 1.82) is 5.41 Å². The van der Waals surface area contributed by atoms with Crippen LogP contribution in [0.15, 0.2) is 30.3 Å². The molecule has 0 radical (unpaired) electrons. The van der Waals surface area contributed by atoms with Crippen molar-refractivity contribution in [3.8, 4) is 0 Å². The highest BCUT2D eigenvalue weighted by atomic mass is 32.2. The SMILES string of the molecule is CSCCC1C(=N)NC(=O)N1Cc1ccccc1. The van der Waals surface area contributed by atoms with E-state index < -0.39 is 0 Å². The van der Waals surface area contributed by atoms with Crippen molar-refractivity contribution in [3.05, 3.63) is 35.9 Å². The normalized spacial score (nSPS) is 19.2. The average molecular weight is 263 g/mol. The van der Waals surface area contributed by atoms with Crippen molar-refractivity contribution in [2.45, 2.75) is 19.0 Å². The molecule has 2 N–H and O–H groups in total. The fraction of sp³-hybridized carbons (Fsp3) is 0.385. The number of amidine groups is 1. The summed E-state index contributed by atoms with van der Waals surface area (Å²) in [6, 6.07) is 9.62. The number of benzene rings is 1. The summed E-state index contributed by atoms with van der Waals surface area (Å²) in [7, 11) is 0. The second kappa shape index (κ2) is 5.91. The molecule has 4 nitrogen and oxygen atoms in total. The van der Waals surface area contributed by atoms with Gasteiger partial charge in [-0.1, -0.05) is 30.3 Å². The quantitative estimate of drug-likeness (QED) is 0.856. The Labute approximate surface area is 111 Å². The second-order valence-electron chi connectivity index (χ2n) is 4.25. The zero-order valence-electron chi connectivity index (χ0n) is 10.3. The maximum absolute atomic E-state index is 11.8. The van der Waals surface area contributed by atoms with Gasteiger partial charge >= 0.3 is 6.03 Å². The molecule has 1 aliphatic rings. The lowest BCUT2D eigenvalue weighted by molar-refractivity contribution is 0.202. The monoisotopic (exact) mass is 263 g/mol. The Morgan fingerprint density at radius 1 is 1.39 bits per heavy atom. The van der Waals surface area contributed by atoms with Gasteiger partial charge in [-0.2, -0.15) is 11.8 Å². The van der Waals surface area contributed by atoms with E-state index in [1.807, 2.05) is 36.6 Å². The van der Waals surface area contributed by atoms with E-state index in [0.717, 1.165) is 17.7 Å². The summed E-state index contributed by atoms with van der Waals surface area (Å²) in [6.45, 7) is 0.564. The number of nitrogens with one attached hydrogen (secondary N) is 2. The molecule has 5 heteroatoms. The van der Waals surface area contributed by atoms with E-state index in [1.54, 1.807) is 16.7 Å². The number of urea groups is 1. The van der Waals surface area contributed by atoms with E-state index in [1.165, 1.54) is 0 Å². The molecule has 96 valence electrons. The summed E-state index contributed by atoms with van der Waals surface area (Å²) in [5.41, 5.74) is 1.09. The minimum atomic E-state index is -0.157. The number of rotatable bonds is 5. The highest BCUT2D eigenvalue weighted by molar-refractivity contribution is 7.98. The lowest BCUT2D eigenvalue weighted by Gasteiger charge is -2.22. The first-order valence-corrected chi connectivity index (χ1v) is 7.30. The summed E-state index contributed by atoms with van der Waals surface area (Å²) in [5.74, 6) is 1.28. The number of hydrogen-bond acceptors (Lipinski definition) is 3. The highest BCUT2D eigenvalue weighted by Gasteiger charge is 2.34. The van der Waals surface area contributed by atoms with Gasteiger partial charge in [0.1, 0.15) is 5.84 Å². The third-order valence-electron chi connectivity index (χ3n) is 3.00. The molecule has 2 amide bonds. The highest BCUT2D eigenvalue weighted by Crippen LogP contribution is 2.17. The number of hydrogen-bond donors (Lipinski definition) is 2. The van der Waals surface area contributed by atoms with Gasteiger partial charge in [0.2, 0.25) is 0 Å². The number of amides is 2. The molecule has 1 saturated heterocycles. The topological polar surface area (TPSA) is 56.2 Å². The first-order chi connectivity index (χ1) is 8.72. The number of carbonyl (C=O) groups is 1. The van der Waals surface area contributed by atoms with Gasteiger partial charge in [0.25, 0.3) is 0 Å². The summed E-state index contributed by atoms with van der Waals surface area (Å²) in [5, 5.41) is 10.4. The van der Waals surface area contributed by atoms with Gasteiger partial charge in [-0.15, -0.1) is 0 Å². The number of carbonyl (C=O) groups excluding carboxylic acids is 1. The van der Waals surface area contributed by atoms with Crippen molar-refractivity contribution < 1.29 is 4.79 Å². The van der Waals surface area contributed by atoms with Gasteiger partial charge < -0.3 is 4.90 Å². The van der Waals surface area contributed by atoms with Gasteiger partial charge in [-0.25, -0.2) is 4.79 Å². The maximum atomic E-state index is 11.8. The molecular weight excluding hydrogens is 246 g/mol. The molecule has 1 fully saturated rings. The molecule has 0 spiro atoms. The summed E-state index contributed by atoms with van der Waals surface area (Å²) in [4.78, 5) is 13.6. The Bertz CT molecular complexity index is 435. The Morgan fingerprint density at radius 3 is 2.78 bits per heavy atom. The third kappa shape index (κ3) is 2.85. The van der Waals surface area contributed by atoms with Gasteiger partial charge in [-0.3, -0.25) is 10.7 Å². The van der Waals surface area contributed by atoms with Crippen LogP contribution in [0.1, 0.15) is 12.0 Å². The Hall–Kier alpha value is -1.49. The average Bonchev–Trinajstić information content (AvgIpc) is 2.63. The van der Waals surface area contributed by atoms with Crippen LogP contribution in [-0.4, -0.2) is 34.8 Å². The lowest BCUT2D eigenvalue weighted by atomic mass is 10.1. The van der Waals surface area contributed by atoms with E-state index in [-0.39, 0.29) is 12.1 Å². The molecule has 0 saturated carbocycles. The Kier molecular flexibility index (Phi) is 4.25. The van der Waals surface area contributed by atoms with E-state index >= 15 is 0 Å². The minimum absolute atomic E-state index is 0.106. The fourth-order valence-corrected chi connectivity index (χ4v) is 2.52. The van der Waals surface area contributed by atoms with Crippen LogP contribution in [-0.2, 0) is 6.54 Å². The molecule has 1 aromatic rings. The van der Waals surface area contributed by atoms with Crippen LogP contribution in [0.3, 0.4) is 0 Å². The molecule has 1 aliphatic heterocycles. The van der Waals surface area contributed by atoms with Gasteiger partial charge in [-0.05, 0) is 24.0 Å². The van der Waals surface area contributed by atoms with E-state index in [4.69, 9.17) is 5.41 Å². The molecule has 1 atom stereocenters. The Morgan fingerprint density at radius 2 is 2.11 bits per heavy atom. The Balaban J connectivity index is 2.08. The van der Waals surface area contributed by atoms with Gasteiger partial charge in [0.15, 0.2) is 0 Å². The predicted octanol–water partition coefficient (Wildman–Crippen LogP) is 2.31. The van der Waals surface area contributed by atoms with Crippen LogP contribution in [0.5, 0.6) is 0 Å². The van der Waals surface area contributed by atoms with Crippen LogP contribution in [0.4, 0.5) is 4.79 Å². The summed E-state index contributed by atoms with van der Waals surface area (Å²) >= 11 is 1.74. The largest absolute Gasteiger partial charge is 0.323 e. The summed E-state index contributed by atoms with van der Waals surface area (Å²) in [6.07, 6.45) is 2.86. The molecule has 0 aromatic heterocycles. The predicted molar refractivity (Wildman–Crippen MR) is 75.0 cm³/mol. The van der Waals surface area contributed by atoms with Crippen molar-refractivity contribution in [2.24, 2.45) is 0 Å². The van der Waals surface area contributed by atoms with Crippen molar-refractivity contribution >= 4 is 23.6 Å². The van der Waals surface area contributed by atoms with Crippen LogP contribution in [0.25, 0.3) is 0 Å². The minimum Gasteiger partial charge on any atom is -0.310 e. The molecule has 0 bridgehead atoms. The van der Waals surface area contributed by atoms with Crippen molar-refractivity contribution in [1.82, 2.24) is 10.2 Å². The lowest BCUT2D eigenvalue weighted by Crippen LogP contribution is -2.34. The van der Waals surface area contributed by atoms with Crippen LogP contribution in [0, 0.1) is 5.41 Å². The first-order valence-electron chi connectivity index (χ1n) is 5.91. The second-order valence-corrected chi connectivity index (χ2v) is 5.24. The van der Waals surface area contributed by atoms with Crippen molar-refractivity contribution in [2.75, 3.05) is 12.0 Å². The molecule has 1 heterocycles. The molecule has 0 aliphatic carbocycles. The van der Waals surface area contributed by atoms with Gasteiger partial charge in [0, 0.05) is 6.54 Å². The fourth-order valence-electron chi connectivity index (χ4n) is 2.06. The first kappa shape index (κ1) is 13.0. The van der Waals surface area contributed by atoms with E-state index in [0.29, 0.717) is 12.4 Å². The zero-order valence-corrected chi connectivity index (χ0v) is 11.2. The summed E-state index contributed by atoms with van der Waals surface area (Å²) < 4.78 is 0.